The predicted octanol–water partition coefficient (Wildman–Crippen LogP) is 5.38. The van der Waals surface area contributed by atoms with Crippen LogP contribution >= 0.6 is 0 Å². The third kappa shape index (κ3) is 5.88. The van der Waals surface area contributed by atoms with Crippen molar-refractivity contribution in [1.29, 1.82) is 0 Å². The molecule has 0 aliphatic carbocycles. The Morgan fingerprint density at radius 1 is 0.784 bits per heavy atom. The molecule has 2 atom stereocenters. The number of rotatable bonds is 11. The molecular formula is C31H29NO5. The molecule has 0 saturated carbocycles. The lowest BCUT2D eigenvalue weighted by molar-refractivity contribution is -0.147. The number of Topliss-reactive ketones (excluding diaryl/α,β-unsaturated/α-hetero) is 1. The van der Waals surface area contributed by atoms with E-state index in [1.165, 1.54) is 7.11 Å². The molecule has 6 nitrogen and oxygen atoms in total. The second-order valence-electron chi connectivity index (χ2n) is 8.65. The second kappa shape index (κ2) is 12.0. The Hall–Kier alpha value is -4.42. The van der Waals surface area contributed by atoms with E-state index in [2.05, 4.69) is 0 Å². The molecule has 2 unspecified atom stereocenters. The summed E-state index contributed by atoms with van der Waals surface area (Å²) in [4.78, 5) is 26.6. The van der Waals surface area contributed by atoms with Gasteiger partial charge < -0.3 is 20.3 Å². The molecule has 0 aliphatic rings. The van der Waals surface area contributed by atoms with Crippen LogP contribution in [-0.4, -0.2) is 24.0 Å². The SMILES string of the molecule is COc1cccc(C(N)C(C(=O)O)C(=O)C(c2ccccc2)c2ccccc2)c1OCc1ccccc1. The molecule has 0 radical (unpaired) electrons. The first-order valence-electron chi connectivity index (χ1n) is 12.0. The summed E-state index contributed by atoms with van der Waals surface area (Å²) in [5.41, 5.74) is 9.29. The molecule has 4 rings (SSSR count). The molecule has 0 aliphatic heterocycles. The van der Waals surface area contributed by atoms with E-state index >= 15 is 0 Å². The van der Waals surface area contributed by atoms with Crippen molar-refractivity contribution in [3.63, 3.8) is 0 Å². The van der Waals surface area contributed by atoms with E-state index in [0.717, 1.165) is 5.56 Å². The van der Waals surface area contributed by atoms with Gasteiger partial charge in [-0.05, 0) is 22.8 Å². The molecule has 0 amide bonds. The Labute approximate surface area is 216 Å². The molecule has 4 aromatic rings. The van der Waals surface area contributed by atoms with Gasteiger partial charge in [0, 0.05) is 5.56 Å². The number of aliphatic carboxylic acids is 1. The minimum Gasteiger partial charge on any atom is -0.493 e. The number of carboxylic acid groups (broad SMARTS) is 1. The van der Waals surface area contributed by atoms with Crippen LogP contribution in [0.3, 0.4) is 0 Å². The number of methoxy groups -OCH3 is 1. The van der Waals surface area contributed by atoms with Gasteiger partial charge in [0.15, 0.2) is 17.3 Å². The molecule has 0 fully saturated rings. The van der Waals surface area contributed by atoms with E-state index in [0.29, 0.717) is 28.2 Å². The van der Waals surface area contributed by atoms with Crippen LogP contribution in [0.15, 0.2) is 109 Å². The van der Waals surface area contributed by atoms with Crippen LogP contribution in [-0.2, 0) is 16.2 Å². The van der Waals surface area contributed by atoms with Crippen molar-refractivity contribution >= 4 is 11.8 Å². The van der Waals surface area contributed by atoms with Crippen LogP contribution in [0.5, 0.6) is 11.5 Å². The summed E-state index contributed by atoms with van der Waals surface area (Å²) in [6.07, 6.45) is 0. The van der Waals surface area contributed by atoms with Gasteiger partial charge in [0.2, 0.25) is 0 Å². The summed E-state index contributed by atoms with van der Waals surface area (Å²) < 4.78 is 11.6. The number of carboxylic acids is 1. The van der Waals surface area contributed by atoms with Crippen molar-refractivity contribution in [3.05, 3.63) is 131 Å². The number of ether oxygens (including phenoxy) is 2. The molecule has 188 valence electrons. The Kier molecular flexibility index (Phi) is 8.33. The highest BCUT2D eigenvalue weighted by Crippen LogP contribution is 2.39. The molecule has 0 spiro atoms. The number of hydrogen-bond acceptors (Lipinski definition) is 5. The average Bonchev–Trinajstić information content (AvgIpc) is 2.93. The number of carbonyl (C=O) groups is 2. The Morgan fingerprint density at radius 2 is 1.32 bits per heavy atom. The number of ketones is 1. The maximum absolute atomic E-state index is 14.0. The Bertz CT molecular complexity index is 1290. The van der Waals surface area contributed by atoms with Crippen LogP contribution in [0.25, 0.3) is 0 Å². The van der Waals surface area contributed by atoms with Gasteiger partial charge in [0.05, 0.1) is 19.1 Å². The number of para-hydroxylation sites is 1. The van der Waals surface area contributed by atoms with Crippen LogP contribution in [0, 0.1) is 5.92 Å². The molecule has 0 heterocycles. The molecule has 0 bridgehead atoms. The summed E-state index contributed by atoms with van der Waals surface area (Å²) in [7, 11) is 1.50. The first-order chi connectivity index (χ1) is 18.0. The van der Waals surface area contributed by atoms with E-state index < -0.39 is 29.6 Å². The minimum absolute atomic E-state index is 0.225. The molecule has 0 aromatic heterocycles. The maximum atomic E-state index is 14.0. The van der Waals surface area contributed by atoms with E-state index in [1.54, 1.807) is 18.2 Å². The number of hydrogen-bond donors (Lipinski definition) is 2. The highest BCUT2D eigenvalue weighted by atomic mass is 16.5. The van der Waals surface area contributed by atoms with Crippen LogP contribution in [0.1, 0.15) is 34.2 Å². The highest BCUT2D eigenvalue weighted by Gasteiger charge is 2.40. The van der Waals surface area contributed by atoms with Crippen LogP contribution in [0.2, 0.25) is 0 Å². The van der Waals surface area contributed by atoms with Gasteiger partial charge in [0.25, 0.3) is 0 Å². The molecule has 4 aromatic carbocycles. The second-order valence-corrected chi connectivity index (χ2v) is 8.65. The summed E-state index contributed by atoms with van der Waals surface area (Å²) >= 11 is 0. The van der Waals surface area contributed by atoms with Gasteiger partial charge in [-0.2, -0.15) is 0 Å². The van der Waals surface area contributed by atoms with E-state index in [-0.39, 0.29) is 6.61 Å². The van der Waals surface area contributed by atoms with E-state index in [9.17, 15) is 14.7 Å². The first-order valence-corrected chi connectivity index (χ1v) is 12.0. The lowest BCUT2D eigenvalue weighted by Crippen LogP contribution is -2.38. The van der Waals surface area contributed by atoms with Gasteiger partial charge in [-0.15, -0.1) is 0 Å². The van der Waals surface area contributed by atoms with Gasteiger partial charge in [0.1, 0.15) is 12.5 Å². The average molecular weight is 496 g/mol. The summed E-state index contributed by atoms with van der Waals surface area (Å²) in [5, 5.41) is 10.3. The molecule has 0 saturated heterocycles. The topological polar surface area (TPSA) is 98.9 Å². The normalized spacial score (nSPS) is 12.5. The zero-order chi connectivity index (χ0) is 26.2. The smallest absolute Gasteiger partial charge is 0.316 e. The largest absolute Gasteiger partial charge is 0.493 e. The van der Waals surface area contributed by atoms with Crippen molar-refractivity contribution in [2.24, 2.45) is 11.7 Å². The van der Waals surface area contributed by atoms with Gasteiger partial charge in [-0.1, -0.05) is 103 Å². The predicted molar refractivity (Wildman–Crippen MR) is 142 cm³/mol. The minimum atomic E-state index is -1.53. The molecule has 3 N–H and O–H groups in total. The summed E-state index contributed by atoms with van der Waals surface area (Å²) in [5.74, 6) is -3.41. The van der Waals surface area contributed by atoms with Crippen LogP contribution in [0.4, 0.5) is 0 Å². The van der Waals surface area contributed by atoms with E-state index in [4.69, 9.17) is 15.2 Å². The Balaban J connectivity index is 1.73. The van der Waals surface area contributed by atoms with Crippen LogP contribution < -0.4 is 15.2 Å². The van der Waals surface area contributed by atoms with Crippen molar-refractivity contribution < 1.29 is 24.2 Å². The molecular weight excluding hydrogens is 466 g/mol. The van der Waals surface area contributed by atoms with E-state index in [1.807, 2.05) is 91.0 Å². The zero-order valence-corrected chi connectivity index (χ0v) is 20.5. The highest BCUT2D eigenvalue weighted by molar-refractivity contribution is 6.04. The third-order valence-corrected chi connectivity index (χ3v) is 6.30. The van der Waals surface area contributed by atoms with Crippen molar-refractivity contribution in [2.45, 2.75) is 18.6 Å². The third-order valence-electron chi connectivity index (χ3n) is 6.30. The fraction of sp³-hybridized carbons (Fsp3) is 0.161. The molecule has 6 heteroatoms. The lowest BCUT2D eigenvalue weighted by atomic mass is 9.78. The monoisotopic (exact) mass is 495 g/mol. The number of nitrogens with two attached hydrogens (primary N) is 1. The zero-order valence-electron chi connectivity index (χ0n) is 20.5. The lowest BCUT2D eigenvalue weighted by Gasteiger charge is -2.27. The first kappa shape index (κ1) is 25.7. The van der Waals surface area contributed by atoms with Gasteiger partial charge in [-0.3, -0.25) is 9.59 Å². The summed E-state index contributed by atoms with van der Waals surface area (Å²) in [6.45, 7) is 0.225. The summed E-state index contributed by atoms with van der Waals surface area (Å²) in [6, 6.07) is 31.8. The fourth-order valence-electron chi connectivity index (χ4n) is 4.46. The van der Waals surface area contributed by atoms with Crippen molar-refractivity contribution in [2.75, 3.05) is 7.11 Å². The quantitative estimate of drug-likeness (QED) is 0.271. The standard InChI is InChI=1S/C31H29NO5/c1-36-25-19-11-18-24(30(25)37-20-21-12-5-2-6-13-21)28(32)27(31(34)35)29(33)26(22-14-7-3-8-15-22)23-16-9-4-10-17-23/h2-19,26-28H,20,32H2,1H3,(H,34,35). The van der Waals surface area contributed by atoms with Gasteiger partial charge in [-0.25, -0.2) is 0 Å². The molecule has 37 heavy (non-hydrogen) atoms. The Morgan fingerprint density at radius 3 is 1.84 bits per heavy atom. The van der Waals surface area contributed by atoms with Gasteiger partial charge >= 0.3 is 5.97 Å². The number of carbonyl (C=O) groups excluding carboxylic acids is 1. The van der Waals surface area contributed by atoms with Crippen molar-refractivity contribution in [3.8, 4) is 11.5 Å². The number of benzene rings is 4. The maximum Gasteiger partial charge on any atom is 0.316 e. The fourth-order valence-corrected chi connectivity index (χ4v) is 4.46. The van der Waals surface area contributed by atoms with Crippen molar-refractivity contribution in [1.82, 2.24) is 0 Å².